The van der Waals surface area contributed by atoms with Crippen molar-refractivity contribution >= 4 is 22.8 Å². The molecule has 0 aliphatic carbocycles. The molecule has 2 aromatic carbocycles. The van der Waals surface area contributed by atoms with Gasteiger partial charge in [-0.25, -0.2) is 10.2 Å². The van der Waals surface area contributed by atoms with Crippen LogP contribution >= 0.6 is 0 Å². The Kier molecular flexibility index (Phi) is 5.61. The van der Waals surface area contributed by atoms with Gasteiger partial charge in [0.25, 0.3) is 5.56 Å². The van der Waals surface area contributed by atoms with Gasteiger partial charge in [0.1, 0.15) is 5.75 Å². The Labute approximate surface area is 182 Å². The number of fused-ring (bicyclic) bond motifs is 1. The van der Waals surface area contributed by atoms with E-state index in [0.29, 0.717) is 11.3 Å². The van der Waals surface area contributed by atoms with Crippen molar-refractivity contribution in [3.63, 3.8) is 0 Å². The van der Waals surface area contributed by atoms with E-state index in [1.165, 1.54) is 16.2 Å². The zero-order chi connectivity index (χ0) is 22.8. The maximum atomic E-state index is 12.6. The number of imidazole rings is 1. The van der Waals surface area contributed by atoms with Gasteiger partial charge in [-0.3, -0.25) is 18.9 Å². The van der Waals surface area contributed by atoms with Crippen molar-refractivity contribution in [2.45, 2.75) is 19.6 Å². The number of nitrogens with zero attached hydrogens (tertiary/aromatic N) is 4. The maximum absolute atomic E-state index is 12.6. The van der Waals surface area contributed by atoms with Gasteiger partial charge in [-0.2, -0.15) is 10.1 Å². The minimum Gasteiger partial charge on any atom is -0.508 e. The molecule has 0 fully saturated rings. The molecule has 1 atom stereocenters. The van der Waals surface area contributed by atoms with E-state index in [0.717, 1.165) is 5.56 Å². The van der Waals surface area contributed by atoms with Crippen LogP contribution in [0.3, 0.4) is 0 Å². The molecule has 164 valence electrons. The van der Waals surface area contributed by atoms with Crippen molar-refractivity contribution in [3.05, 3.63) is 86.6 Å². The molecule has 2 aromatic heterocycles. The van der Waals surface area contributed by atoms with Gasteiger partial charge in [-0.1, -0.05) is 30.3 Å². The Morgan fingerprint density at radius 3 is 2.53 bits per heavy atom. The lowest BCUT2D eigenvalue weighted by atomic mass is 10.1. The number of aliphatic hydroxyl groups excluding tert-OH is 1. The fourth-order valence-electron chi connectivity index (χ4n) is 3.35. The van der Waals surface area contributed by atoms with Crippen molar-refractivity contribution in [2.24, 2.45) is 12.1 Å². The van der Waals surface area contributed by atoms with E-state index in [-0.39, 0.29) is 29.4 Å². The number of hydrogen-bond donors (Lipinski definition) is 4. The molecule has 0 aliphatic rings. The number of rotatable bonds is 6. The highest BCUT2D eigenvalue weighted by Crippen LogP contribution is 2.22. The molecule has 1 unspecified atom stereocenters. The second-order valence-electron chi connectivity index (χ2n) is 7.32. The first kappa shape index (κ1) is 21.1. The number of phenolic OH excluding ortho intramolecular Hbond substituents is 1. The summed E-state index contributed by atoms with van der Waals surface area (Å²) >= 11 is 0. The molecule has 0 radical (unpaired) electrons. The molecule has 4 aromatic rings. The molecular weight excluding hydrogens is 412 g/mol. The third kappa shape index (κ3) is 4.03. The molecule has 0 spiro atoms. The van der Waals surface area contributed by atoms with Crippen LogP contribution in [0.1, 0.15) is 24.2 Å². The Morgan fingerprint density at radius 2 is 1.84 bits per heavy atom. The highest BCUT2D eigenvalue weighted by molar-refractivity contribution is 5.99. The topological polar surface area (TPSA) is 138 Å². The minimum atomic E-state index is -0.923. The lowest BCUT2D eigenvalue weighted by Gasteiger charge is -2.14. The van der Waals surface area contributed by atoms with Gasteiger partial charge < -0.3 is 10.2 Å². The number of aromatic hydroxyl groups is 1. The lowest BCUT2D eigenvalue weighted by molar-refractivity contribution is 0.158. The second kappa shape index (κ2) is 8.52. The van der Waals surface area contributed by atoms with E-state index >= 15 is 0 Å². The number of aromatic amines is 1. The van der Waals surface area contributed by atoms with Crippen LogP contribution in [0.4, 0.5) is 5.95 Å². The zero-order valence-corrected chi connectivity index (χ0v) is 17.5. The molecule has 0 saturated heterocycles. The normalized spacial score (nSPS) is 12.8. The SMILES string of the molecule is C/C(=N\Nc1nc2c(c(=O)[nH]c(=O)n2C)n1CC(O)c1ccccc1)c1ccc(O)cc1. The van der Waals surface area contributed by atoms with Crippen molar-refractivity contribution in [1.82, 2.24) is 19.1 Å². The van der Waals surface area contributed by atoms with Crippen LogP contribution < -0.4 is 16.7 Å². The number of nitrogens with one attached hydrogen (secondary N) is 2. The highest BCUT2D eigenvalue weighted by Gasteiger charge is 2.20. The molecule has 32 heavy (non-hydrogen) atoms. The highest BCUT2D eigenvalue weighted by atomic mass is 16.3. The molecule has 0 amide bonds. The van der Waals surface area contributed by atoms with E-state index in [9.17, 15) is 19.8 Å². The third-order valence-electron chi connectivity index (χ3n) is 5.16. The summed E-state index contributed by atoms with van der Waals surface area (Å²) in [6, 6.07) is 15.6. The largest absolute Gasteiger partial charge is 0.508 e. The van der Waals surface area contributed by atoms with Crippen LogP contribution in [0.15, 0.2) is 69.3 Å². The molecule has 10 heteroatoms. The predicted molar refractivity (Wildman–Crippen MR) is 121 cm³/mol. The van der Waals surface area contributed by atoms with Crippen molar-refractivity contribution in [3.8, 4) is 5.75 Å². The fourth-order valence-corrected chi connectivity index (χ4v) is 3.35. The number of aromatic nitrogens is 4. The lowest BCUT2D eigenvalue weighted by Crippen LogP contribution is -2.29. The van der Waals surface area contributed by atoms with Crippen molar-refractivity contribution in [2.75, 3.05) is 5.43 Å². The maximum Gasteiger partial charge on any atom is 0.329 e. The van der Waals surface area contributed by atoms with Gasteiger partial charge in [0.05, 0.1) is 18.4 Å². The van der Waals surface area contributed by atoms with Gasteiger partial charge >= 0.3 is 5.69 Å². The van der Waals surface area contributed by atoms with E-state index in [1.807, 2.05) is 18.2 Å². The quantitative estimate of drug-likeness (QED) is 0.269. The summed E-state index contributed by atoms with van der Waals surface area (Å²) in [5.74, 6) is 0.339. The first-order valence-corrected chi connectivity index (χ1v) is 9.87. The van der Waals surface area contributed by atoms with Crippen LogP contribution in [-0.4, -0.2) is 35.0 Å². The number of benzene rings is 2. The average Bonchev–Trinajstić information content (AvgIpc) is 3.15. The minimum absolute atomic E-state index is 0.0118. The summed E-state index contributed by atoms with van der Waals surface area (Å²) in [5.41, 5.74) is 4.00. The number of aliphatic hydroxyl groups is 1. The van der Waals surface area contributed by atoms with E-state index in [2.05, 4.69) is 20.5 Å². The molecule has 4 N–H and O–H groups in total. The third-order valence-corrected chi connectivity index (χ3v) is 5.16. The summed E-state index contributed by atoms with van der Waals surface area (Å²) < 4.78 is 2.72. The Morgan fingerprint density at radius 1 is 1.16 bits per heavy atom. The number of hydrazone groups is 1. The molecule has 10 nitrogen and oxygen atoms in total. The van der Waals surface area contributed by atoms with Crippen molar-refractivity contribution < 1.29 is 10.2 Å². The van der Waals surface area contributed by atoms with Gasteiger partial charge in [0, 0.05) is 7.05 Å². The smallest absolute Gasteiger partial charge is 0.329 e. The number of aryl methyl sites for hydroxylation is 1. The molecule has 4 rings (SSSR count). The number of hydrogen-bond acceptors (Lipinski definition) is 7. The predicted octanol–water partition coefficient (Wildman–Crippen LogP) is 1.70. The molecule has 2 heterocycles. The molecular formula is C22H22N6O4. The van der Waals surface area contributed by atoms with Crippen molar-refractivity contribution in [1.29, 1.82) is 0 Å². The van der Waals surface area contributed by atoms with E-state index < -0.39 is 17.4 Å². The Balaban J connectivity index is 1.78. The Bertz CT molecular complexity index is 1400. The van der Waals surface area contributed by atoms with Crippen LogP contribution in [0, 0.1) is 0 Å². The van der Waals surface area contributed by atoms with Crippen LogP contribution in [0.5, 0.6) is 5.75 Å². The number of anilines is 1. The van der Waals surface area contributed by atoms with Gasteiger partial charge in [-0.05, 0) is 42.3 Å². The fraction of sp³-hybridized carbons (Fsp3) is 0.182. The standard InChI is InChI=1S/C22H22N6O4/c1-13(14-8-10-16(29)11-9-14)25-26-21-23-19-18(20(31)24-22(32)27(19)2)28(21)12-17(30)15-6-4-3-5-7-15/h3-11,17,29-30H,12H2,1-2H3,(H,23,26)(H,24,31,32)/b25-13+. The number of H-pyrrole nitrogens is 1. The van der Waals surface area contributed by atoms with Crippen LogP contribution in [0.2, 0.25) is 0 Å². The number of phenols is 1. The molecule has 0 aliphatic heterocycles. The molecule has 0 saturated carbocycles. The van der Waals surface area contributed by atoms with Crippen LogP contribution in [-0.2, 0) is 13.6 Å². The van der Waals surface area contributed by atoms with Crippen LogP contribution in [0.25, 0.3) is 11.2 Å². The summed E-state index contributed by atoms with van der Waals surface area (Å²) in [6.45, 7) is 1.78. The summed E-state index contributed by atoms with van der Waals surface area (Å²) in [5, 5.41) is 24.6. The van der Waals surface area contributed by atoms with E-state index in [4.69, 9.17) is 0 Å². The average molecular weight is 434 g/mol. The summed E-state index contributed by atoms with van der Waals surface area (Å²) in [6.07, 6.45) is -0.923. The van der Waals surface area contributed by atoms with Gasteiger partial charge in [-0.15, -0.1) is 0 Å². The Hall–Kier alpha value is -4.18. The second-order valence-corrected chi connectivity index (χ2v) is 7.32. The van der Waals surface area contributed by atoms with Gasteiger partial charge in [0.2, 0.25) is 5.95 Å². The first-order chi connectivity index (χ1) is 15.3. The summed E-state index contributed by atoms with van der Waals surface area (Å²) in [4.78, 5) is 31.3. The zero-order valence-electron chi connectivity index (χ0n) is 17.5. The van der Waals surface area contributed by atoms with E-state index in [1.54, 1.807) is 43.3 Å². The monoisotopic (exact) mass is 434 g/mol. The van der Waals surface area contributed by atoms with Gasteiger partial charge in [0.15, 0.2) is 11.2 Å². The molecule has 0 bridgehead atoms. The summed E-state index contributed by atoms with van der Waals surface area (Å²) in [7, 11) is 1.50. The first-order valence-electron chi connectivity index (χ1n) is 9.87.